The fraction of sp³-hybridized carbons (Fsp3) is 0.400. The highest BCUT2D eigenvalue weighted by Gasteiger charge is 2.22. The summed E-state index contributed by atoms with van der Waals surface area (Å²) in [4.78, 5) is 0. The van der Waals surface area contributed by atoms with Gasteiger partial charge in [0.25, 0.3) is 0 Å². The van der Waals surface area contributed by atoms with Crippen LogP contribution in [0.2, 0.25) is 0 Å². The molecule has 0 unspecified atom stereocenters. The Hall–Kier alpha value is -1.63. The standard InChI is InChI=1S/C20H21F/c21-17-11-9-14(10-12-17)20-18-7-3-1-5-15(18)13-16-6-2-4-8-19(16)20/h9-13H,1-8H2. The Morgan fingerprint density at radius 2 is 1.19 bits per heavy atom. The lowest BCUT2D eigenvalue weighted by Gasteiger charge is -2.27. The molecule has 21 heavy (non-hydrogen) atoms. The fourth-order valence-corrected chi connectivity index (χ4v) is 4.10. The lowest BCUT2D eigenvalue weighted by molar-refractivity contribution is 0.628. The van der Waals surface area contributed by atoms with Crippen LogP contribution in [-0.2, 0) is 25.7 Å². The predicted octanol–water partition coefficient (Wildman–Crippen LogP) is 5.25. The third-order valence-corrected chi connectivity index (χ3v) is 5.11. The molecule has 108 valence electrons. The van der Waals surface area contributed by atoms with E-state index < -0.39 is 0 Å². The highest BCUT2D eigenvalue weighted by Crippen LogP contribution is 2.39. The summed E-state index contributed by atoms with van der Waals surface area (Å²) in [5.74, 6) is -0.141. The molecular weight excluding hydrogens is 259 g/mol. The van der Waals surface area contributed by atoms with E-state index in [1.165, 1.54) is 62.5 Å². The molecule has 2 aliphatic rings. The monoisotopic (exact) mass is 280 g/mol. The summed E-state index contributed by atoms with van der Waals surface area (Å²) in [6, 6.07) is 9.62. The average Bonchev–Trinajstić information content (AvgIpc) is 2.53. The maximum absolute atomic E-state index is 13.3. The van der Waals surface area contributed by atoms with Gasteiger partial charge in [-0.2, -0.15) is 0 Å². The van der Waals surface area contributed by atoms with Crippen molar-refractivity contribution in [1.82, 2.24) is 0 Å². The van der Waals surface area contributed by atoms with Crippen LogP contribution in [0, 0.1) is 5.82 Å². The Balaban J connectivity index is 1.96. The maximum Gasteiger partial charge on any atom is 0.123 e. The lowest BCUT2D eigenvalue weighted by atomic mass is 9.77. The summed E-state index contributed by atoms with van der Waals surface area (Å²) in [6.07, 6.45) is 10.0. The first-order valence-electron chi connectivity index (χ1n) is 8.25. The van der Waals surface area contributed by atoms with E-state index in [4.69, 9.17) is 0 Å². The number of halogens is 1. The summed E-state index contributed by atoms with van der Waals surface area (Å²) in [5, 5.41) is 0. The van der Waals surface area contributed by atoms with Crippen molar-refractivity contribution in [3.8, 4) is 11.1 Å². The molecular formula is C20H21F. The number of fused-ring (bicyclic) bond motifs is 2. The van der Waals surface area contributed by atoms with Crippen molar-refractivity contribution in [1.29, 1.82) is 0 Å². The van der Waals surface area contributed by atoms with Gasteiger partial charge in [0.15, 0.2) is 0 Å². The second-order valence-corrected chi connectivity index (χ2v) is 6.45. The molecule has 0 atom stereocenters. The van der Waals surface area contributed by atoms with Gasteiger partial charge in [0, 0.05) is 0 Å². The van der Waals surface area contributed by atoms with E-state index in [1.807, 2.05) is 12.1 Å². The molecule has 0 amide bonds. The molecule has 0 N–H and O–H groups in total. The van der Waals surface area contributed by atoms with Gasteiger partial charge in [-0.05, 0) is 96.9 Å². The molecule has 0 heterocycles. The Morgan fingerprint density at radius 1 is 0.667 bits per heavy atom. The zero-order valence-electron chi connectivity index (χ0n) is 12.4. The van der Waals surface area contributed by atoms with E-state index in [0.29, 0.717) is 0 Å². The molecule has 4 rings (SSSR count). The van der Waals surface area contributed by atoms with Crippen LogP contribution < -0.4 is 0 Å². The highest BCUT2D eigenvalue weighted by molar-refractivity contribution is 5.74. The van der Waals surface area contributed by atoms with Crippen LogP contribution in [0.3, 0.4) is 0 Å². The van der Waals surface area contributed by atoms with Gasteiger partial charge in [0.1, 0.15) is 5.82 Å². The molecule has 0 bridgehead atoms. The number of rotatable bonds is 1. The van der Waals surface area contributed by atoms with Gasteiger partial charge in [0.05, 0.1) is 0 Å². The second-order valence-electron chi connectivity index (χ2n) is 6.45. The zero-order valence-corrected chi connectivity index (χ0v) is 12.4. The van der Waals surface area contributed by atoms with E-state index in [2.05, 4.69) is 6.07 Å². The van der Waals surface area contributed by atoms with Gasteiger partial charge in [-0.25, -0.2) is 4.39 Å². The second kappa shape index (κ2) is 5.29. The van der Waals surface area contributed by atoms with Gasteiger partial charge in [-0.15, -0.1) is 0 Å². The molecule has 2 aliphatic carbocycles. The molecule has 0 saturated heterocycles. The third kappa shape index (κ3) is 2.29. The van der Waals surface area contributed by atoms with Crippen LogP contribution in [0.15, 0.2) is 30.3 Å². The van der Waals surface area contributed by atoms with E-state index in [0.717, 1.165) is 0 Å². The van der Waals surface area contributed by atoms with E-state index in [-0.39, 0.29) is 5.82 Å². The summed E-state index contributed by atoms with van der Waals surface area (Å²) in [7, 11) is 0. The number of aryl methyl sites for hydroxylation is 2. The summed E-state index contributed by atoms with van der Waals surface area (Å²) in [6.45, 7) is 0. The van der Waals surface area contributed by atoms with Gasteiger partial charge >= 0.3 is 0 Å². The number of benzene rings is 2. The van der Waals surface area contributed by atoms with Gasteiger partial charge in [-0.1, -0.05) is 18.2 Å². The fourth-order valence-electron chi connectivity index (χ4n) is 4.10. The highest BCUT2D eigenvalue weighted by atomic mass is 19.1. The third-order valence-electron chi connectivity index (χ3n) is 5.11. The van der Waals surface area contributed by atoms with Crippen LogP contribution in [0.25, 0.3) is 11.1 Å². The van der Waals surface area contributed by atoms with Crippen molar-refractivity contribution in [2.75, 3.05) is 0 Å². The van der Waals surface area contributed by atoms with Crippen LogP contribution in [0.1, 0.15) is 47.9 Å². The summed E-state index contributed by atoms with van der Waals surface area (Å²) in [5.41, 5.74) is 8.87. The predicted molar refractivity (Wildman–Crippen MR) is 85.1 cm³/mol. The topological polar surface area (TPSA) is 0 Å². The van der Waals surface area contributed by atoms with Crippen molar-refractivity contribution in [2.45, 2.75) is 51.4 Å². The number of hydrogen-bond acceptors (Lipinski definition) is 0. The van der Waals surface area contributed by atoms with Crippen LogP contribution >= 0.6 is 0 Å². The Kier molecular flexibility index (Phi) is 3.29. The minimum absolute atomic E-state index is 0.141. The van der Waals surface area contributed by atoms with E-state index in [9.17, 15) is 4.39 Å². The smallest absolute Gasteiger partial charge is 0.123 e. The Bertz CT molecular complexity index is 633. The van der Waals surface area contributed by atoms with Crippen LogP contribution in [-0.4, -0.2) is 0 Å². The van der Waals surface area contributed by atoms with E-state index in [1.54, 1.807) is 34.4 Å². The first kappa shape index (κ1) is 13.1. The molecule has 2 aromatic rings. The molecule has 0 nitrogen and oxygen atoms in total. The maximum atomic E-state index is 13.3. The minimum atomic E-state index is -0.141. The molecule has 0 aromatic heterocycles. The van der Waals surface area contributed by atoms with Gasteiger partial charge in [0.2, 0.25) is 0 Å². The molecule has 0 aliphatic heterocycles. The van der Waals surface area contributed by atoms with Gasteiger partial charge < -0.3 is 0 Å². The Morgan fingerprint density at radius 3 is 1.76 bits per heavy atom. The lowest BCUT2D eigenvalue weighted by Crippen LogP contribution is -2.12. The van der Waals surface area contributed by atoms with E-state index >= 15 is 0 Å². The van der Waals surface area contributed by atoms with Crippen molar-refractivity contribution in [3.05, 3.63) is 58.4 Å². The molecule has 1 heteroatoms. The largest absolute Gasteiger partial charge is 0.207 e. The molecule has 0 spiro atoms. The van der Waals surface area contributed by atoms with Crippen molar-refractivity contribution < 1.29 is 4.39 Å². The Labute approximate surface area is 126 Å². The van der Waals surface area contributed by atoms with Crippen molar-refractivity contribution in [3.63, 3.8) is 0 Å². The first-order valence-corrected chi connectivity index (χ1v) is 8.25. The molecule has 2 aromatic carbocycles. The normalized spacial score (nSPS) is 17.2. The molecule has 0 radical (unpaired) electrons. The first-order chi connectivity index (χ1) is 10.3. The summed E-state index contributed by atoms with van der Waals surface area (Å²) >= 11 is 0. The van der Waals surface area contributed by atoms with Crippen molar-refractivity contribution in [2.24, 2.45) is 0 Å². The molecule has 0 saturated carbocycles. The quantitative estimate of drug-likeness (QED) is 0.669. The SMILES string of the molecule is Fc1ccc(-c2c3c(cc4c2CCCC4)CCCC3)cc1. The molecule has 0 fully saturated rings. The van der Waals surface area contributed by atoms with Gasteiger partial charge in [-0.3, -0.25) is 0 Å². The van der Waals surface area contributed by atoms with Crippen LogP contribution in [0.4, 0.5) is 4.39 Å². The van der Waals surface area contributed by atoms with Crippen molar-refractivity contribution >= 4 is 0 Å². The van der Waals surface area contributed by atoms with Crippen LogP contribution in [0.5, 0.6) is 0 Å². The summed E-state index contributed by atoms with van der Waals surface area (Å²) < 4.78 is 13.3. The number of hydrogen-bond donors (Lipinski definition) is 0. The average molecular weight is 280 g/mol. The minimum Gasteiger partial charge on any atom is -0.207 e. The zero-order chi connectivity index (χ0) is 14.2.